The smallest absolute Gasteiger partial charge is 0.274 e. The number of carbonyl (C=O) groups is 1. The van der Waals surface area contributed by atoms with E-state index in [1.807, 2.05) is 0 Å². The van der Waals surface area contributed by atoms with E-state index in [9.17, 15) is 8.42 Å². The third-order valence-electron chi connectivity index (χ3n) is 8.78. The minimum atomic E-state index is -4.49. The lowest BCUT2D eigenvalue weighted by atomic mass is 9.81. The molecule has 228 valence electrons. The molecule has 43 heavy (non-hydrogen) atoms. The van der Waals surface area contributed by atoms with Gasteiger partial charge < -0.3 is 19.1 Å². The fraction of sp³-hybridized carbons (Fsp3) is 0.419. The SMILES string of the molecule is COc1ccc(S(=O)(=O)N2C(=O)C(c3cccnc3OC)(N3CCC[C@H]3CN3CCCC3)c3cc(Cl)ccc32)c(OC)c1. The predicted octanol–water partition coefficient (Wildman–Crippen LogP) is 4.30. The van der Waals surface area contributed by atoms with Crippen LogP contribution in [0.1, 0.15) is 36.8 Å². The Kier molecular flexibility index (Phi) is 8.01. The molecule has 12 heteroatoms. The number of carbonyl (C=O) groups excluding carboxylic acids is 1. The first-order valence-corrected chi connectivity index (χ1v) is 16.2. The number of ether oxygens (including phenoxy) is 3. The molecule has 2 fully saturated rings. The molecule has 3 aliphatic heterocycles. The molecule has 0 saturated carbocycles. The summed E-state index contributed by atoms with van der Waals surface area (Å²) in [6, 6.07) is 12.8. The number of methoxy groups -OCH3 is 3. The monoisotopic (exact) mass is 626 g/mol. The van der Waals surface area contributed by atoms with Gasteiger partial charge in [-0.15, -0.1) is 0 Å². The number of fused-ring (bicyclic) bond motifs is 1. The predicted molar refractivity (Wildman–Crippen MR) is 163 cm³/mol. The number of nitrogens with zero attached hydrogens (tertiary/aromatic N) is 4. The van der Waals surface area contributed by atoms with Gasteiger partial charge in [0.25, 0.3) is 15.9 Å². The molecule has 0 radical (unpaired) electrons. The lowest BCUT2D eigenvalue weighted by molar-refractivity contribution is -0.127. The molecule has 1 amide bonds. The highest BCUT2D eigenvalue weighted by atomic mass is 35.5. The first-order chi connectivity index (χ1) is 20.8. The summed E-state index contributed by atoms with van der Waals surface area (Å²) < 4.78 is 46.6. The molecule has 0 spiro atoms. The Morgan fingerprint density at radius 2 is 1.74 bits per heavy atom. The van der Waals surface area contributed by atoms with Crippen LogP contribution in [0.4, 0.5) is 5.69 Å². The maximum Gasteiger partial charge on any atom is 0.274 e. The lowest BCUT2D eigenvalue weighted by Gasteiger charge is -2.42. The van der Waals surface area contributed by atoms with Gasteiger partial charge >= 0.3 is 0 Å². The average molecular weight is 627 g/mol. The van der Waals surface area contributed by atoms with Gasteiger partial charge in [-0.05, 0) is 81.2 Å². The Bertz CT molecular complexity index is 1650. The molecular weight excluding hydrogens is 592 g/mol. The van der Waals surface area contributed by atoms with Crippen LogP contribution in [-0.2, 0) is 20.4 Å². The van der Waals surface area contributed by atoms with Crippen molar-refractivity contribution in [2.75, 3.05) is 51.8 Å². The van der Waals surface area contributed by atoms with Crippen LogP contribution in [0.3, 0.4) is 0 Å². The summed E-state index contributed by atoms with van der Waals surface area (Å²) in [5.74, 6) is 0.0938. The number of pyridine rings is 1. The molecule has 10 nitrogen and oxygen atoms in total. The molecule has 2 atom stereocenters. The minimum Gasteiger partial charge on any atom is -0.497 e. The quantitative estimate of drug-likeness (QED) is 0.344. The molecule has 4 heterocycles. The van der Waals surface area contributed by atoms with E-state index in [4.69, 9.17) is 25.8 Å². The van der Waals surface area contributed by atoms with E-state index in [0.717, 1.165) is 49.6 Å². The molecule has 3 aliphatic rings. The van der Waals surface area contributed by atoms with Crippen molar-refractivity contribution in [1.29, 1.82) is 0 Å². The second-order valence-electron chi connectivity index (χ2n) is 11.0. The van der Waals surface area contributed by atoms with Crippen LogP contribution in [0.15, 0.2) is 59.6 Å². The Morgan fingerprint density at radius 3 is 2.47 bits per heavy atom. The van der Waals surface area contributed by atoms with E-state index < -0.39 is 21.5 Å². The fourth-order valence-corrected chi connectivity index (χ4v) is 8.70. The topological polar surface area (TPSA) is 102 Å². The van der Waals surface area contributed by atoms with E-state index in [1.54, 1.807) is 36.5 Å². The number of anilines is 1. The highest BCUT2D eigenvalue weighted by molar-refractivity contribution is 7.93. The van der Waals surface area contributed by atoms with Gasteiger partial charge in [0.15, 0.2) is 5.54 Å². The van der Waals surface area contributed by atoms with Gasteiger partial charge in [-0.3, -0.25) is 9.69 Å². The van der Waals surface area contributed by atoms with Gasteiger partial charge in [0, 0.05) is 47.5 Å². The van der Waals surface area contributed by atoms with Crippen LogP contribution in [0.25, 0.3) is 0 Å². The van der Waals surface area contributed by atoms with Gasteiger partial charge in [-0.25, -0.2) is 17.7 Å². The summed E-state index contributed by atoms with van der Waals surface area (Å²) in [5, 5.41) is 0.385. The number of rotatable bonds is 9. The maximum atomic E-state index is 15.3. The summed E-state index contributed by atoms with van der Waals surface area (Å²) >= 11 is 6.61. The van der Waals surface area contributed by atoms with Crippen molar-refractivity contribution in [1.82, 2.24) is 14.8 Å². The van der Waals surface area contributed by atoms with Gasteiger partial charge in [0.1, 0.15) is 16.4 Å². The van der Waals surface area contributed by atoms with Crippen molar-refractivity contribution in [3.63, 3.8) is 0 Å². The molecule has 2 aromatic carbocycles. The molecular formula is C31H35ClN4O6S. The lowest BCUT2D eigenvalue weighted by Crippen LogP contribution is -2.58. The van der Waals surface area contributed by atoms with Gasteiger partial charge in [-0.1, -0.05) is 11.6 Å². The van der Waals surface area contributed by atoms with Crippen LogP contribution in [0.2, 0.25) is 5.02 Å². The Morgan fingerprint density at radius 1 is 0.953 bits per heavy atom. The van der Waals surface area contributed by atoms with E-state index in [-0.39, 0.29) is 28.3 Å². The van der Waals surface area contributed by atoms with Gasteiger partial charge in [-0.2, -0.15) is 0 Å². The third kappa shape index (κ3) is 4.73. The standard InChI is InChI=1S/C31H35ClN4O6S/c1-40-23-11-13-28(27(19-23)41-2)43(38,39)36-26-12-10-21(32)18-25(26)31(30(36)37,24-9-6-14-33-29(24)42-3)35-17-7-8-22(35)20-34-15-4-5-16-34/h6,9-14,18-19,22H,4-5,7-8,15-17,20H2,1-3H3/t22-,31?/m0/s1. The summed E-state index contributed by atoms with van der Waals surface area (Å²) in [5.41, 5.74) is -0.391. The summed E-state index contributed by atoms with van der Waals surface area (Å²) in [7, 11) is -0.124. The van der Waals surface area contributed by atoms with Crippen molar-refractivity contribution < 1.29 is 27.4 Å². The Hall–Kier alpha value is -3.38. The zero-order valence-electron chi connectivity index (χ0n) is 24.5. The zero-order valence-corrected chi connectivity index (χ0v) is 26.0. The van der Waals surface area contributed by atoms with Crippen LogP contribution in [-0.4, -0.2) is 82.7 Å². The molecule has 0 aliphatic carbocycles. The number of hydrogen-bond donors (Lipinski definition) is 0. The number of hydrogen-bond acceptors (Lipinski definition) is 9. The number of likely N-dealkylation sites (tertiary alicyclic amines) is 2. The van der Waals surface area contributed by atoms with Gasteiger partial charge in [0.05, 0.1) is 27.0 Å². The third-order valence-corrected chi connectivity index (χ3v) is 10.8. The number of halogens is 1. The van der Waals surface area contributed by atoms with Crippen molar-refractivity contribution in [2.24, 2.45) is 0 Å². The minimum absolute atomic E-state index is 0.0167. The first-order valence-electron chi connectivity index (χ1n) is 14.4. The summed E-state index contributed by atoms with van der Waals surface area (Å²) in [6.07, 6.45) is 5.59. The highest BCUT2D eigenvalue weighted by Crippen LogP contribution is 2.55. The molecule has 0 N–H and O–H groups in total. The largest absolute Gasteiger partial charge is 0.497 e. The number of amides is 1. The van der Waals surface area contributed by atoms with E-state index >= 15 is 4.79 Å². The summed E-state index contributed by atoms with van der Waals surface area (Å²) in [4.78, 5) is 24.2. The van der Waals surface area contributed by atoms with Crippen molar-refractivity contribution >= 4 is 33.2 Å². The molecule has 1 unspecified atom stereocenters. The Balaban J connectivity index is 1.60. The van der Waals surface area contributed by atoms with E-state index in [1.165, 1.54) is 39.5 Å². The molecule has 3 aromatic rings. The normalized spacial score (nSPS) is 22.7. The van der Waals surface area contributed by atoms with Crippen molar-refractivity contribution in [3.05, 3.63) is 70.9 Å². The zero-order chi connectivity index (χ0) is 30.4. The number of benzene rings is 2. The Labute approximate surface area is 257 Å². The molecule has 6 rings (SSSR count). The van der Waals surface area contributed by atoms with Crippen molar-refractivity contribution in [2.45, 2.75) is 42.2 Å². The van der Waals surface area contributed by atoms with E-state index in [0.29, 0.717) is 28.4 Å². The van der Waals surface area contributed by atoms with E-state index in [2.05, 4.69) is 14.8 Å². The van der Waals surface area contributed by atoms with Crippen LogP contribution < -0.4 is 18.5 Å². The van der Waals surface area contributed by atoms with Crippen LogP contribution in [0.5, 0.6) is 17.4 Å². The fourth-order valence-electron chi connectivity index (χ4n) is 6.92. The number of sulfonamides is 1. The van der Waals surface area contributed by atoms with Crippen LogP contribution >= 0.6 is 11.6 Å². The maximum absolute atomic E-state index is 15.3. The average Bonchev–Trinajstić information content (AvgIpc) is 3.76. The molecule has 0 bridgehead atoms. The van der Waals surface area contributed by atoms with Crippen LogP contribution in [0, 0.1) is 0 Å². The molecule has 2 saturated heterocycles. The highest BCUT2D eigenvalue weighted by Gasteiger charge is 2.62. The van der Waals surface area contributed by atoms with Gasteiger partial charge in [0.2, 0.25) is 5.88 Å². The second kappa shape index (κ2) is 11.6. The summed E-state index contributed by atoms with van der Waals surface area (Å²) in [6.45, 7) is 3.35. The molecule has 1 aromatic heterocycles. The number of aromatic nitrogens is 1. The first kappa shape index (κ1) is 29.7. The van der Waals surface area contributed by atoms with Crippen molar-refractivity contribution in [3.8, 4) is 17.4 Å². The second-order valence-corrected chi connectivity index (χ2v) is 13.2.